The van der Waals surface area contributed by atoms with E-state index < -0.39 is 6.04 Å². The molecule has 0 saturated carbocycles. The van der Waals surface area contributed by atoms with Gasteiger partial charge in [0.15, 0.2) is 0 Å². The third-order valence-electron chi connectivity index (χ3n) is 3.23. The first-order valence-electron chi connectivity index (χ1n) is 6.74. The number of hydrogen-bond acceptors (Lipinski definition) is 3. The Balaban J connectivity index is 2.49. The van der Waals surface area contributed by atoms with Gasteiger partial charge in [0, 0.05) is 20.2 Å². The number of amides is 1. The first-order chi connectivity index (χ1) is 9.06. The van der Waals surface area contributed by atoms with E-state index in [1.165, 1.54) is 0 Å². The van der Waals surface area contributed by atoms with Gasteiger partial charge >= 0.3 is 0 Å². The Morgan fingerprint density at radius 3 is 2.47 bits per heavy atom. The molecule has 1 rings (SSSR count). The van der Waals surface area contributed by atoms with Crippen LogP contribution in [0.1, 0.15) is 36.4 Å². The summed E-state index contributed by atoms with van der Waals surface area (Å²) in [4.78, 5) is 13.8. The van der Waals surface area contributed by atoms with Crippen molar-refractivity contribution in [2.45, 2.75) is 32.2 Å². The van der Waals surface area contributed by atoms with Gasteiger partial charge < -0.3 is 15.7 Å². The highest BCUT2D eigenvalue weighted by atomic mass is 16.2. The van der Waals surface area contributed by atoms with Gasteiger partial charge in [-0.2, -0.15) is 0 Å². The van der Waals surface area contributed by atoms with E-state index in [-0.39, 0.29) is 12.5 Å². The molecule has 0 radical (unpaired) electrons. The maximum atomic E-state index is 12.1. The molecule has 0 aromatic heterocycles. The molecule has 1 aromatic carbocycles. The number of hydrogen-bond donors (Lipinski definition) is 2. The second kappa shape index (κ2) is 7.92. The van der Waals surface area contributed by atoms with E-state index in [4.69, 9.17) is 10.8 Å². The molecule has 0 aliphatic carbocycles. The van der Waals surface area contributed by atoms with Crippen molar-refractivity contribution in [2.75, 3.05) is 20.2 Å². The monoisotopic (exact) mass is 264 g/mol. The number of carbonyl (C=O) groups excluding carboxylic acids is 1. The van der Waals surface area contributed by atoms with Gasteiger partial charge in [0.2, 0.25) is 5.91 Å². The fraction of sp³-hybridized carbons (Fsp3) is 0.533. The number of nitrogens with zero attached hydrogens (tertiary/aromatic N) is 1. The summed E-state index contributed by atoms with van der Waals surface area (Å²) in [5.41, 5.74) is 7.99. The topological polar surface area (TPSA) is 66.6 Å². The van der Waals surface area contributed by atoms with Crippen LogP contribution in [0.3, 0.4) is 0 Å². The van der Waals surface area contributed by atoms with E-state index in [0.717, 1.165) is 30.4 Å². The average Bonchev–Trinajstić information content (AvgIpc) is 2.42. The minimum atomic E-state index is -0.594. The minimum Gasteiger partial charge on any atom is -0.396 e. The van der Waals surface area contributed by atoms with Crippen LogP contribution in [0.5, 0.6) is 0 Å². The third-order valence-corrected chi connectivity index (χ3v) is 3.23. The molecule has 19 heavy (non-hydrogen) atoms. The van der Waals surface area contributed by atoms with Crippen molar-refractivity contribution in [1.29, 1.82) is 0 Å². The van der Waals surface area contributed by atoms with Gasteiger partial charge in [0.05, 0.1) is 0 Å². The summed E-state index contributed by atoms with van der Waals surface area (Å²) in [5.74, 6) is -0.0622. The van der Waals surface area contributed by atoms with Crippen molar-refractivity contribution in [3.8, 4) is 0 Å². The number of nitrogens with two attached hydrogens (primary N) is 1. The Morgan fingerprint density at radius 2 is 1.89 bits per heavy atom. The zero-order chi connectivity index (χ0) is 14.3. The molecule has 0 saturated heterocycles. The zero-order valence-electron chi connectivity index (χ0n) is 11.8. The van der Waals surface area contributed by atoms with Crippen molar-refractivity contribution in [3.63, 3.8) is 0 Å². The SMILES string of the molecule is Cc1ccc(C(N)C(=O)N(C)CCCCCO)cc1. The van der Waals surface area contributed by atoms with Crippen LogP contribution < -0.4 is 5.73 Å². The van der Waals surface area contributed by atoms with Crippen LogP contribution in [-0.4, -0.2) is 36.1 Å². The summed E-state index contributed by atoms with van der Waals surface area (Å²) < 4.78 is 0. The lowest BCUT2D eigenvalue weighted by molar-refractivity contribution is -0.131. The maximum absolute atomic E-state index is 12.1. The Hall–Kier alpha value is -1.39. The van der Waals surface area contributed by atoms with Crippen molar-refractivity contribution >= 4 is 5.91 Å². The molecule has 1 aromatic rings. The molecule has 4 nitrogen and oxygen atoms in total. The third kappa shape index (κ3) is 5.01. The Bertz CT molecular complexity index is 390. The summed E-state index contributed by atoms with van der Waals surface area (Å²) in [7, 11) is 1.77. The number of rotatable bonds is 7. The van der Waals surface area contributed by atoms with Crippen LogP contribution in [0.25, 0.3) is 0 Å². The Labute approximate surface area is 115 Å². The van der Waals surface area contributed by atoms with Gasteiger partial charge in [-0.1, -0.05) is 29.8 Å². The zero-order valence-corrected chi connectivity index (χ0v) is 11.8. The molecule has 0 spiro atoms. The second-order valence-electron chi connectivity index (χ2n) is 4.93. The summed E-state index contributed by atoms with van der Waals surface area (Å²) >= 11 is 0. The predicted octanol–water partition coefficient (Wildman–Crippen LogP) is 1.62. The highest BCUT2D eigenvalue weighted by Gasteiger charge is 2.19. The van der Waals surface area contributed by atoms with Gasteiger partial charge in [-0.3, -0.25) is 4.79 Å². The second-order valence-corrected chi connectivity index (χ2v) is 4.93. The van der Waals surface area contributed by atoms with Crippen molar-refractivity contribution in [1.82, 2.24) is 4.90 Å². The van der Waals surface area contributed by atoms with Gasteiger partial charge in [-0.05, 0) is 31.7 Å². The van der Waals surface area contributed by atoms with Gasteiger partial charge in [-0.25, -0.2) is 0 Å². The highest BCUT2D eigenvalue weighted by molar-refractivity contribution is 5.82. The normalized spacial score (nSPS) is 12.2. The number of aliphatic hydroxyl groups is 1. The van der Waals surface area contributed by atoms with Crippen LogP contribution in [0.2, 0.25) is 0 Å². The lowest BCUT2D eigenvalue weighted by Crippen LogP contribution is -2.36. The fourth-order valence-electron chi connectivity index (χ4n) is 1.90. The van der Waals surface area contributed by atoms with Gasteiger partial charge in [0.1, 0.15) is 6.04 Å². The molecule has 4 heteroatoms. The number of unbranched alkanes of at least 4 members (excludes halogenated alkanes) is 2. The smallest absolute Gasteiger partial charge is 0.243 e. The van der Waals surface area contributed by atoms with Crippen molar-refractivity contribution in [3.05, 3.63) is 35.4 Å². The first kappa shape index (κ1) is 15.7. The predicted molar refractivity (Wildman–Crippen MR) is 76.7 cm³/mol. The van der Waals surface area contributed by atoms with Gasteiger partial charge in [0.25, 0.3) is 0 Å². The molecule has 0 aliphatic rings. The molecule has 1 amide bonds. The highest BCUT2D eigenvalue weighted by Crippen LogP contribution is 2.14. The number of carbonyl (C=O) groups is 1. The molecular weight excluding hydrogens is 240 g/mol. The summed E-state index contributed by atoms with van der Waals surface area (Å²) in [6, 6.07) is 7.13. The van der Waals surface area contributed by atoms with E-state index in [9.17, 15) is 4.79 Å². The molecular formula is C15H24N2O2. The standard InChI is InChI=1S/C15H24N2O2/c1-12-6-8-13(9-7-12)14(16)15(19)17(2)10-4-3-5-11-18/h6-9,14,18H,3-5,10-11,16H2,1-2H3. The van der Waals surface area contributed by atoms with Crippen LogP contribution in [0.15, 0.2) is 24.3 Å². The van der Waals surface area contributed by atoms with Crippen molar-refractivity contribution < 1.29 is 9.90 Å². The summed E-state index contributed by atoms with van der Waals surface area (Å²) in [6.45, 7) is 2.89. The average molecular weight is 264 g/mol. The molecule has 0 heterocycles. The fourth-order valence-corrected chi connectivity index (χ4v) is 1.90. The maximum Gasteiger partial charge on any atom is 0.243 e. The molecule has 1 atom stereocenters. The van der Waals surface area contributed by atoms with Crippen LogP contribution in [0, 0.1) is 6.92 Å². The molecule has 0 aliphatic heterocycles. The Morgan fingerprint density at radius 1 is 1.26 bits per heavy atom. The van der Waals surface area contributed by atoms with Crippen LogP contribution in [-0.2, 0) is 4.79 Å². The largest absolute Gasteiger partial charge is 0.396 e. The van der Waals surface area contributed by atoms with Crippen LogP contribution in [0.4, 0.5) is 0 Å². The molecule has 3 N–H and O–H groups in total. The molecule has 1 unspecified atom stereocenters. The number of benzene rings is 1. The lowest BCUT2D eigenvalue weighted by atomic mass is 10.0. The summed E-state index contributed by atoms with van der Waals surface area (Å²) in [5, 5.41) is 8.70. The first-order valence-corrected chi connectivity index (χ1v) is 6.74. The lowest BCUT2D eigenvalue weighted by Gasteiger charge is -2.21. The molecule has 106 valence electrons. The number of likely N-dealkylation sites (N-methyl/N-ethyl adjacent to an activating group) is 1. The van der Waals surface area contributed by atoms with E-state index in [1.54, 1.807) is 11.9 Å². The van der Waals surface area contributed by atoms with Gasteiger partial charge in [-0.15, -0.1) is 0 Å². The number of aryl methyl sites for hydroxylation is 1. The number of aliphatic hydroxyl groups excluding tert-OH is 1. The van der Waals surface area contributed by atoms with E-state index >= 15 is 0 Å². The van der Waals surface area contributed by atoms with E-state index in [2.05, 4.69) is 0 Å². The molecule has 0 bridgehead atoms. The van der Waals surface area contributed by atoms with E-state index in [1.807, 2.05) is 31.2 Å². The molecule has 0 fully saturated rings. The van der Waals surface area contributed by atoms with Crippen molar-refractivity contribution in [2.24, 2.45) is 5.73 Å². The van der Waals surface area contributed by atoms with E-state index in [0.29, 0.717) is 6.54 Å². The Kier molecular flexibility index (Phi) is 6.53. The minimum absolute atomic E-state index is 0.0622. The van der Waals surface area contributed by atoms with Crippen LogP contribution >= 0.6 is 0 Å². The quantitative estimate of drug-likeness (QED) is 0.735. The summed E-state index contributed by atoms with van der Waals surface area (Å²) in [6.07, 6.45) is 2.60.